The minimum Gasteiger partial charge on any atom is -0.342 e. The maximum Gasteiger partial charge on any atom is 0.230 e. The van der Waals surface area contributed by atoms with Crippen LogP contribution in [-0.4, -0.2) is 37.0 Å². The summed E-state index contributed by atoms with van der Waals surface area (Å²) in [4.78, 5) is 14.7. The van der Waals surface area contributed by atoms with Gasteiger partial charge >= 0.3 is 0 Å². The maximum absolute atomic E-state index is 12.7. The van der Waals surface area contributed by atoms with E-state index in [-0.39, 0.29) is 5.41 Å². The predicted molar refractivity (Wildman–Crippen MR) is 69.8 cm³/mol. The van der Waals surface area contributed by atoms with Gasteiger partial charge in [-0.2, -0.15) is 0 Å². The van der Waals surface area contributed by atoms with Crippen molar-refractivity contribution >= 4 is 5.91 Å². The standard InChI is InChI=1S/C14H26N2O/c1-4-7-14(8-9-15-10-14)13(17)16(3)11(2)12-5-6-12/h11-12,15H,4-10H2,1-3H3. The molecule has 0 bridgehead atoms. The van der Waals surface area contributed by atoms with Crippen LogP contribution < -0.4 is 5.32 Å². The van der Waals surface area contributed by atoms with Crippen molar-refractivity contribution in [3.05, 3.63) is 0 Å². The Morgan fingerprint density at radius 1 is 1.53 bits per heavy atom. The van der Waals surface area contributed by atoms with Gasteiger partial charge in [0.15, 0.2) is 0 Å². The van der Waals surface area contributed by atoms with Gasteiger partial charge in [0.05, 0.1) is 5.41 Å². The molecule has 2 rings (SSSR count). The fourth-order valence-electron chi connectivity index (χ4n) is 3.18. The van der Waals surface area contributed by atoms with Gasteiger partial charge < -0.3 is 10.2 Å². The van der Waals surface area contributed by atoms with E-state index in [0.29, 0.717) is 11.9 Å². The molecule has 3 heteroatoms. The van der Waals surface area contributed by atoms with E-state index in [1.165, 1.54) is 12.8 Å². The van der Waals surface area contributed by atoms with Gasteiger partial charge in [0.25, 0.3) is 0 Å². The third-order valence-corrected chi connectivity index (χ3v) is 4.66. The molecule has 1 aliphatic heterocycles. The third-order valence-electron chi connectivity index (χ3n) is 4.66. The monoisotopic (exact) mass is 238 g/mol. The quantitative estimate of drug-likeness (QED) is 0.795. The number of rotatable bonds is 5. The summed E-state index contributed by atoms with van der Waals surface area (Å²) < 4.78 is 0. The Kier molecular flexibility index (Phi) is 3.76. The summed E-state index contributed by atoms with van der Waals surface area (Å²) in [6, 6.07) is 0.428. The Hall–Kier alpha value is -0.570. The van der Waals surface area contributed by atoms with Crippen molar-refractivity contribution in [3.63, 3.8) is 0 Å². The van der Waals surface area contributed by atoms with E-state index in [0.717, 1.165) is 38.3 Å². The van der Waals surface area contributed by atoms with Gasteiger partial charge in [0.2, 0.25) is 5.91 Å². The minimum absolute atomic E-state index is 0.105. The summed E-state index contributed by atoms with van der Waals surface area (Å²) in [6.45, 7) is 6.26. The zero-order chi connectivity index (χ0) is 12.5. The molecule has 1 aliphatic carbocycles. The number of amides is 1. The number of hydrogen-bond donors (Lipinski definition) is 1. The van der Waals surface area contributed by atoms with Crippen LogP contribution in [0.25, 0.3) is 0 Å². The molecule has 0 aromatic carbocycles. The molecular formula is C14H26N2O. The Morgan fingerprint density at radius 2 is 2.24 bits per heavy atom. The van der Waals surface area contributed by atoms with Crippen LogP contribution in [0.2, 0.25) is 0 Å². The molecule has 1 saturated carbocycles. The van der Waals surface area contributed by atoms with Gasteiger partial charge in [0.1, 0.15) is 0 Å². The first-order valence-corrected chi connectivity index (χ1v) is 7.09. The molecule has 2 unspecified atom stereocenters. The second-order valence-electron chi connectivity index (χ2n) is 5.95. The molecule has 0 radical (unpaired) electrons. The lowest BCUT2D eigenvalue weighted by Crippen LogP contribution is -2.47. The molecule has 0 aromatic rings. The zero-order valence-electron chi connectivity index (χ0n) is 11.5. The molecule has 3 nitrogen and oxygen atoms in total. The molecule has 2 aliphatic rings. The molecule has 0 aromatic heterocycles. The van der Waals surface area contributed by atoms with Gasteiger partial charge in [-0.3, -0.25) is 4.79 Å². The molecule has 1 saturated heterocycles. The minimum atomic E-state index is -0.105. The molecule has 98 valence electrons. The van der Waals surface area contributed by atoms with Gasteiger partial charge in [-0.15, -0.1) is 0 Å². The van der Waals surface area contributed by atoms with Crippen molar-refractivity contribution in [2.24, 2.45) is 11.3 Å². The second kappa shape index (κ2) is 4.97. The lowest BCUT2D eigenvalue weighted by Gasteiger charge is -2.35. The zero-order valence-corrected chi connectivity index (χ0v) is 11.5. The number of nitrogens with one attached hydrogen (secondary N) is 1. The van der Waals surface area contributed by atoms with Crippen molar-refractivity contribution in [1.29, 1.82) is 0 Å². The highest BCUT2D eigenvalue weighted by Crippen LogP contribution is 2.38. The third kappa shape index (κ3) is 2.49. The van der Waals surface area contributed by atoms with E-state index in [2.05, 4.69) is 19.2 Å². The van der Waals surface area contributed by atoms with Gasteiger partial charge in [0, 0.05) is 19.6 Å². The highest BCUT2D eigenvalue weighted by atomic mass is 16.2. The van der Waals surface area contributed by atoms with Crippen LogP contribution in [0.3, 0.4) is 0 Å². The van der Waals surface area contributed by atoms with Crippen molar-refractivity contribution in [2.75, 3.05) is 20.1 Å². The topological polar surface area (TPSA) is 32.3 Å². The van der Waals surface area contributed by atoms with E-state index in [9.17, 15) is 4.79 Å². The number of hydrogen-bond acceptors (Lipinski definition) is 2. The van der Waals surface area contributed by atoms with Crippen molar-refractivity contribution < 1.29 is 4.79 Å². The average Bonchev–Trinajstić information content (AvgIpc) is 3.07. The summed E-state index contributed by atoms with van der Waals surface area (Å²) in [6.07, 6.45) is 5.75. The summed E-state index contributed by atoms with van der Waals surface area (Å²) in [5, 5.41) is 3.37. The van der Waals surface area contributed by atoms with E-state index < -0.39 is 0 Å². The van der Waals surface area contributed by atoms with Gasteiger partial charge in [-0.05, 0) is 45.1 Å². The first-order valence-electron chi connectivity index (χ1n) is 7.09. The summed E-state index contributed by atoms with van der Waals surface area (Å²) >= 11 is 0. The van der Waals surface area contributed by atoms with Crippen LogP contribution in [-0.2, 0) is 4.79 Å². The maximum atomic E-state index is 12.7. The smallest absolute Gasteiger partial charge is 0.230 e. The van der Waals surface area contributed by atoms with Crippen LogP contribution in [0, 0.1) is 11.3 Å². The highest BCUT2D eigenvalue weighted by Gasteiger charge is 2.44. The number of carbonyl (C=O) groups is 1. The molecule has 0 spiro atoms. The van der Waals surface area contributed by atoms with Crippen LogP contribution in [0.15, 0.2) is 0 Å². The van der Waals surface area contributed by atoms with E-state index in [4.69, 9.17) is 0 Å². The van der Waals surface area contributed by atoms with Gasteiger partial charge in [-0.25, -0.2) is 0 Å². The SMILES string of the molecule is CCCC1(C(=O)N(C)C(C)C2CC2)CCNC1. The van der Waals surface area contributed by atoms with Gasteiger partial charge in [-0.1, -0.05) is 13.3 Å². The van der Waals surface area contributed by atoms with Crippen molar-refractivity contribution in [3.8, 4) is 0 Å². The lowest BCUT2D eigenvalue weighted by atomic mass is 9.80. The molecule has 1 heterocycles. The second-order valence-corrected chi connectivity index (χ2v) is 5.95. The van der Waals surface area contributed by atoms with Crippen LogP contribution >= 0.6 is 0 Å². The fourth-order valence-corrected chi connectivity index (χ4v) is 3.18. The highest BCUT2D eigenvalue weighted by molar-refractivity contribution is 5.83. The molecule has 2 atom stereocenters. The van der Waals surface area contributed by atoms with Crippen molar-refractivity contribution in [1.82, 2.24) is 10.2 Å². The van der Waals surface area contributed by atoms with Crippen LogP contribution in [0.1, 0.15) is 46.0 Å². The Balaban J connectivity index is 2.04. The van der Waals surface area contributed by atoms with E-state index >= 15 is 0 Å². The van der Waals surface area contributed by atoms with E-state index in [1.807, 2.05) is 11.9 Å². The normalized spacial score (nSPS) is 30.3. The predicted octanol–water partition coefficient (Wildman–Crippen LogP) is 2.02. The van der Waals surface area contributed by atoms with Crippen LogP contribution in [0.5, 0.6) is 0 Å². The first-order chi connectivity index (χ1) is 8.10. The summed E-state index contributed by atoms with van der Waals surface area (Å²) in [5.74, 6) is 1.14. The number of carbonyl (C=O) groups excluding carboxylic acids is 1. The summed E-state index contributed by atoms with van der Waals surface area (Å²) in [7, 11) is 2.00. The Bertz CT molecular complexity index is 280. The Labute approximate surface area is 105 Å². The van der Waals surface area contributed by atoms with Crippen molar-refractivity contribution in [2.45, 2.75) is 52.0 Å². The largest absolute Gasteiger partial charge is 0.342 e. The first kappa shape index (κ1) is 12.9. The van der Waals surface area contributed by atoms with E-state index in [1.54, 1.807) is 0 Å². The molecular weight excluding hydrogens is 212 g/mol. The average molecular weight is 238 g/mol. The van der Waals surface area contributed by atoms with Crippen LogP contribution in [0.4, 0.5) is 0 Å². The Morgan fingerprint density at radius 3 is 2.71 bits per heavy atom. The molecule has 1 amide bonds. The fraction of sp³-hybridized carbons (Fsp3) is 0.929. The number of nitrogens with zero attached hydrogens (tertiary/aromatic N) is 1. The molecule has 1 N–H and O–H groups in total. The summed E-state index contributed by atoms with van der Waals surface area (Å²) in [5.41, 5.74) is -0.105. The molecule has 17 heavy (non-hydrogen) atoms. The lowest BCUT2D eigenvalue weighted by molar-refractivity contribution is -0.142. The molecule has 2 fully saturated rings.